The molecule has 5 nitrogen and oxygen atoms in total. The lowest BCUT2D eigenvalue weighted by molar-refractivity contribution is -0.144. The van der Waals surface area contributed by atoms with Crippen LogP contribution in [-0.2, 0) is 6.18 Å². The lowest BCUT2D eigenvalue weighted by Crippen LogP contribution is -2.31. The van der Waals surface area contributed by atoms with E-state index in [0.29, 0.717) is 12.1 Å². The van der Waals surface area contributed by atoms with Crippen LogP contribution in [0.3, 0.4) is 0 Å². The predicted molar refractivity (Wildman–Crippen MR) is 69.0 cm³/mol. The third-order valence-corrected chi connectivity index (χ3v) is 2.85. The van der Waals surface area contributed by atoms with Gasteiger partial charge in [0.15, 0.2) is 0 Å². The predicted octanol–water partition coefficient (Wildman–Crippen LogP) is 2.93. The maximum Gasteiger partial charge on any atom is 0.453 e. The summed E-state index contributed by atoms with van der Waals surface area (Å²) >= 11 is 0. The molecule has 2 aromatic rings. The Morgan fingerprint density at radius 1 is 1.27 bits per heavy atom. The van der Waals surface area contributed by atoms with Gasteiger partial charge in [0.25, 0.3) is 18.0 Å². The Labute approximate surface area is 122 Å². The zero-order valence-corrected chi connectivity index (χ0v) is 11.9. The lowest BCUT2D eigenvalue weighted by atomic mass is 10.3. The zero-order chi connectivity index (χ0) is 16.5. The number of aromatic nitrogens is 4. The minimum atomic E-state index is -4.73. The van der Waals surface area contributed by atoms with Crippen LogP contribution in [0.25, 0.3) is 5.78 Å². The van der Waals surface area contributed by atoms with Gasteiger partial charge in [-0.2, -0.15) is 22.7 Å². The molecule has 2 aromatic heterocycles. The molecule has 0 unspecified atom stereocenters. The summed E-state index contributed by atoms with van der Waals surface area (Å²) in [4.78, 5) is 8.48. The molecule has 0 amide bonds. The van der Waals surface area contributed by atoms with Crippen LogP contribution in [-0.4, -0.2) is 39.1 Å². The van der Waals surface area contributed by atoms with Crippen molar-refractivity contribution in [3.8, 4) is 0 Å². The number of fused-ring (bicyclic) bond motifs is 1. The molecular formula is C12H14F5N5. The van der Waals surface area contributed by atoms with E-state index in [2.05, 4.69) is 15.1 Å². The first-order valence-corrected chi connectivity index (χ1v) is 6.57. The van der Waals surface area contributed by atoms with Crippen molar-refractivity contribution in [2.45, 2.75) is 32.9 Å². The second-order valence-electron chi connectivity index (χ2n) is 4.74. The summed E-state index contributed by atoms with van der Waals surface area (Å²) in [5.41, 5.74) is 0.374. The lowest BCUT2D eigenvalue weighted by Gasteiger charge is -2.24. The quantitative estimate of drug-likeness (QED) is 0.794. The first-order valence-electron chi connectivity index (χ1n) is 6.57. The molecule has 2 heterocycles. The molecule has 2 rings (SSSR count). The summed E-state index contributed by atoms with van der Waals surface area (Å²) in [6, 6.07) is 1.42. The number of hydrogen-bond donors (Lipinski definition) is 0. The van der Waals surface area contributed by atoms with Crippen molar-refractivity contribution >= 4 is 11.6 Å². The highest BCUT2D eigenvalue weighted by atomic mass is 19.4. The maximum atomic E-state index is 12.7. The van der Waals surface area contributed by atoms with Crippen LogP contribution in [0, 0.1) is 6.92 Å². The van der Waals surface area contributed by atoms with Gasteiger partial charge >= 0.3 is 6.18 Å². The molecule has 0 saturated heterocycles. The van der Waals surface area contributed by atoms with Crippen LogP contribution in [0.2, 0.25) is 0 Å². The molecule has 0 radical (unpaired) electrons. The Kier molecular flexibility index (Phi) is 4.47. The summed E-state index contributed by atoms with van der Waals surface area (Å²) in [6.07, 6.45) is -6.80. The second kappa shape index (κ2) is 6.01. The molecule has 0 fully saturated rings. The number of halogens is 5. The van der Waals surface area contributed by atoms with E-state index in [4.69, 9.17) is 0 Å². The van der Waals surface area contributed by atoms with Gasteiger partial charge in [-0.1, -0.05) is 6.92 Å². The van der Waals surface area contributed by atoms with Crippen molar-refractivity contribution in [3.63, 3.8) is 0 Å². The fourth-order valence-electron chi connectivity index (χ4n) is 2.05. The van der Waals surface area contributed by atoms with Gasteiger partial charge in [0.05, 0.1) is 6.54 Å². The van der Waals surface area contributed by atoms with Crippen molar-refractivity contribution < 1.29 is 22.0 Å². The standard InChI is InChI=1S/C12H14F5N5/c1-3-4-21(6-8(13)14)9-5-7(2)18-11-19-10(12(15,16)17)20-22(9)11/h5,8H,3-4,6H2,1-2H3. The molecule has 0 bridgehead atoms. The molecule has 0 aliphatic heterocycles. The maximum absolute atomic E-state index is 12.7. The van der Waals surface area contributed by atoms with Crippen LogP contribution in [0.1, 0.15) is 24.9 Å². The number of rotatable bonds is 5. The van der Waals surface area contributed by atoms with Gasteiger partial charge in [-0.05, 0) is 13.3 Å². The second-order valence-corrected chi connectivity index (χ2v) is 4.74. The van der Waals surface area contributed by atoms with E-state index in [1.165, 1.54) is 11.0 Å². The molecule has 0 spiro atoms. The molecule has 0 N–H and O–H groups in total. The van der Waals surface area contributed by atoms with Crippen molar-refractivity contribution in [2.24, 2.45) is 0 Å². The van der Waals surface area contributed by atoms with Crippen molar-refractivity contribution in [1.82, 2.24) is 19.6 Å². The van der Waals surface area contributed by atoms with Crippen molar-refractivity contribution in [2.75, 3.05) is 18.0 Å². The molecule has 0 aromatic carbocycles. The van der Waals surface area contributed by atoms with Gasteiger partial charge in [-0.25, -0.2) is 13.8 Å². The fraction of sp³-hybridized carbons (Fsp3) is 0.583. The molecule has 0 aliphatic rings. The molecule has 0 saturated carbocycles. The first-order chi connectivity index (χ1) is 10.2. The summed E-state index contributed by atoms with van der Waals surface area (Å²) < 4.78 is 64.4. The van der Waals surface area contributed by atoms with Gasteiger partial charge in [-0.15, -0.1) is 5.10 Å². The van der Waals surface area contributed by atoms with E-state index >= 15 is 0 Å². The van der Waals surface area contributed by atoms with Gasteiger partial charge in [0, 0.05) is 18.3 Å². The minimum Gasteiger partial charge on any atom is -0.351 e. The fourth-order valence-corrected chi connectivity index (χ4v) is 2.05. The Hall–Kier alpha value is -2.00. The molecule has 22 heavy (non-hydrogen) atoms. The summed E-state index contributed by atoms with van der Waals surface area (Å²) in [5, 5.41) is 3.37. The highest BCUT2D eigenvalue weighted by Crippen LogP contribution is 2.28. The van der Waals surface area contributed by atoms with E-state index in [0.717, 1.165) is 4.52 Å². The van der Waals surface area contributed by atoms with E-state index in [1.54, 1.807) is 13.8 Å². The van der Waals surface area contributed by atoms with Crippen LogP contribution in [0.5, 0.6) is 0 Å². The number of nitrogens with zero attached hydrogens (tertiary/aromatic N) is 5. The minimum absolute atomic E-state index is 0.118. The number of aryl methyl sites for hydroxylation is 1. The van der Waals surface area contributed by atoms with Crippen molar-refractivity contribution in [3.05, 3.63) is 17.6 Å². The Morgan fingerprint density at radius 2 is 1.95 bits per heavy atom. The third-order valence-electron chi connectivity index (χ3n) is 2.85. The topological polar surface area (TPSA) is 46.3 Å². The van der Waals surface area contributed by atoms with Gasteiger partial charge in [0.2, 0.25) is 0 Å². The highest BCUT2D eigenvalue weighted by molar-refractivity contribution is 5.47. The van der Waals surface area contributed by atoms with Crippen LogP contribution < -0.4 is 4.90 Å². The normalized spacial score (nSPS) is 12.4. The average molecular weight is 323 g/mol. The number of hydrogen-bond acceptors (Lipinski definition) is 4. The van der Waals surface area contributed by atoms with Crippen LogP contribution >= 0.6 is 0 Å². The van der Waals surface area contributed by atoms with Gasteiger partial charge in [-0.3, -0.25) is 0 Å². The third kappa shape index (κ3) is 3.42. The Bertz CT molecular complexity index is 651. The van der Waals surface area contributed by atoms with E-state index in [-0.39, 0.29) is 18.1 Å². The average Bonchev–Trinajstić information content (AvgIpc) is 2.80. The smallest absolute Gasteiger partial charge is 0.351 e. The van der Waals surface area contributed by atoms with Crippen LogP contribution in [0.4, 0.5) is 27.8 Å². The summed E-state index contributed by atoms with van der Waals surface area (Å²) in [7, 11) is 0. The van der Waals surface area contributed by atoms with E-state index in [1.807, 2.05) is 0 Å². The summed E-state index contributed by atoms with van der Waals surface area (Å²) in [5.74, 6) is -1.49. The molecular weight excluding hydrogens is 309 g/mol. The monoisotopic (exact) mass is 323 g/mol. The van der Waals surface area contributed by atoms with E-state index < -0.39 is 25.0 Å². The highest BCUT2D eigenvalue weighted by Gasteiger charge is 2.37. The molecule has 0 atom stereocenters. The molecule has 122 valence electrons. The molecule has 10 heteroatoms. The largest absolute Gasteiger partial charge is 0.453 e. The number of anilines is 1. The number of alkyl halides is 5. The van der Waals surface area contributed by atoms with Gasteiger partial charge in [0.1, 0.15) is 5.82 Å². The van der Waals surface area contributed by atoms with Gasteiger partial charge < -0.3 is 4.90 Å². The molecule has 0 aliphatic carbocycles. The summed E-state index contributed by atoms with van der Waals surface area (Å²) in [6.45, 7) is 2.99. The van der Waals surface area contributed by atoms with Crippen LogP contribution in [0.15, 0.2) is 6.07 Å². The zero-order valence-electron chi connectivity index (χ0n) is 11.9. The Morgan fingerprint density at radius 3 is 2.50 bits per heavy atom. The first kappa shape index (κ1) is 16.4. The Balaban J connectivity index is 2.57. The van der Waals surface area contributed by atoms with Crippen molar-refractivity contribution in [1.29, 1.82) is 0 Å². The SMILES string of the molecule is CCCN(CC(F)F)c1cc(C)nc2nc(C(F)(F)F)nn12. The van der Waals surface area contributed by atoms with E-state index in [9.17, 15) is 22.0 Å².